The minimum Gasteiger partial charge on any atom is -0.497 e. The average Bonchev–Trinajstić information content (AvgIpc) is 2.84. The largest absolute Gasteiger partial charge is 0.497 e. The molecule has 34 heavy (non-hydrogen) atoms. The molecule has 0 unspecified atom stereocenters. The van der Waals surface area contributed by atoms with Crippen LogP contribution in [0.5, 0.6) is 11.5 Å². The first-order valence-electron chi connectivity index (χ1n) is 11.2. The molecule has 180 valence electrons. The molecule has 0 bridgehead atoms. The number of hydrogen-bond donors (Lipinski definition) is 2. The number of urea groups is 1. The summed E-state index contributed by atoms with van der Waals surface area (Å²) in [6.07, 6.45) is 7.65. The van der Waals surface area contributed by atoms with Crippen molar-refractivity contribution in [1.82, 2.24) is 10.9 Å². The minimum atomic E-state index is -0.507. The molecule has 0 heterocycles. The number of carbonyl (C=O) groups is 1. The molecule has 7 heteroatoms. The highest BCUT2D eigenvalue weighted by molar-refractivity contribution is 6.01. The highest BCUT2D eigenvalue weighted by Crippen LogP contribution is 2.14. The number of hydrogen-bond acceptors (Lipinski definition) is 5. The van der Waals surface area contributed by atoms with Crippen LogP contribution >= 0.6 is 0 Å². The molecular weight excluding hydrogens is 428 g/mol. The van der Waals surface area contributed by atoms with Gasteiger partial charge in [-0.1, -0.05) is 64.1 Å². The van der Waals surface area contributed by atoms with Crippen LogP contribution in [0.4, 0.5) is 4.79 Å². The molecule has 7 nitrogen and oxygen atoms in total. The number of nitrogens with zero attached hydrogens (tertiary/aromatic N) is 2. The first-order valence-corrected chi connectivity index (χ1v) is 11.2. The van der Waals surface area contributed by atoms with E-state index in [-0.39, 0.29) is 11.8 Å². The van der Waals surface area contributed by atoms with E-state index in [1.165, 1.54) is 0 Å². The normalized spacial score (nSPS) is 12.6. The monoisotopic (exact) mass is 462 g/mol. The van der Waals surface area contributed by atoms with Crippen LogP contribution < -0.4 is 20.3 Å². The van der Waals surface area contributed by atoms with Gasteiger partial charge in [0.05, 0.1) is 25.6 Å². The van der Waals surface area contributed by atoms with Gasteiger partial charge in [0, 0.05) is 0 Å². The Bertz CT molecular complexity index is 951. The first-order chi connectivity index (χ1) is 16.3. The van der Waals surface area contributed by atoms with Crippen LogP contribution in [0.15, 0.2) is 70.9 Å². The number of amides is 2. The van der Waals surface area contributed by atoms with E-state index in [0.717, 1.165) is 34.0 Å². The van der Waals surface area contributed by atoms with Crippen LogP contribution in [0.3, 0.4) is 0 Å². The number of allylic oxidation sites excluding steroid dienone is 2. The molecule has 0 atom stereocenters. The van der Waals surface area contributed by atoms with E-state index in [1.54, 1.807) is 14.2 Å². The van der Waals surface area contributed by atoms with Crippen molar-refractivity contribution < 1.29 is 14.3 Å². The Morgan fingerprint density at radius 3 is 1.35 bits per heavy atom. The van der Waals surface area contributed by atoms with Crippen molar-refractivity contribution in [3.63, 3.8) is 0 Å². The Hall–Kier alpha value is -3.87. The van der Waals surface area contributed by atoms with Crippen molar-refractivity contribution in [1.29, 1.82) is 0 Å². The summed E-state index contributed by atoms with van der Waals surface area (Å²) in [4.78, 5) is 12.3. The van der Waals surface area contributed by atoms with Gasteiger partial charge in [0.1, 0.15) is 11.5 Å². The summed E-state index contributed by atoms with van der Waals surface area (Å²) in [5, 5.41) is 8.50. The summed E-state index contributed by atoms with van der Waals surface area (Å²) < 4.78 is 10.4. The zero-order chi connectivity index (χ0) is 24.9. The van der Waals surface area contributed by atoms with Gasteiger partial charge in [-0.05, 0) is 59.4 Å². The summed E-state index contributed by atoms with van der Waals surface area (Å²) in [7, 11) is 3.27. The van der Waals surface area contributed by atoms with Crippen molar-refractivity contribution >= 4 is 29.6 Å². The Labute approximate surface area is 202 Å². The predicted molar refractivity (Wildman–Crippen MR) is 140 cm³/mol. The van der Waals surface area contributed by atoms with E-state index in [4.69, 9.17) is 9.47 Å². The summed E-state index contributed by atoms with van der Waals surface area (Å²) >= 11 is 0. The minimum absolute atomic E-state index is 0.122. The number of carbonyl (C=O) groups excluding carboxylic acids is 1. The predicted octanol–water partition coefficient (Wildman–Crippen LogP) is 5.75. The second kappa shape index (κ2) is 13.6. The molecule has 0 saturated heterocycles. The molecule has 2 rings (SSSR count). The number of benzene rings is 2. The fourth-order valence-corrected chi connectivity index (χ4v) is 2.77. The van der Waals surface area contributed by atoms with Crippen molar-refractivity contribution in [2.24, 2.45) is 22.0 Å². The van der Waals surface area contributed by atoms with E-state index < -0.39 is 6.03 Å². The molecule has 0 saturated carbocycles. The van der Waals surface area contributed by atoms with Crippen LogP contribution in [0.2, 0.25) is 0 Å². The van der Waals surface area contributed by atoms with Gasteiger partial charge in [-0.15, -0.1) is 0 Å². The third-order valence-electron chi connectivity index (χ3n) is 4.88. The zero-order valence-corrected chi connectivity index (χ0v) is 20.7. The number of nitrogens with one attached hydrogen (secondary N) is 2. The molecule has 0 radical (unpaired) electrons. The topological polar surface area (TPSA) is 84.3 Å². The van der Waals surface area contributed by atoms with Crippen molar-refractivity contribution in [3.05, 3.63) is 71.8 Å². The highest BCUT2D eigenvalue weighted by Gasteiger charge is 2.06. The number of methoxy groups -OCH3 is 2. The molecule has 2 N–H and O–H groups in total. The quantitative estimate of drug-likeness (QED) is 0.348. The molecule has 0 aliphatic carbocycles. The van der Waals surface area contributed by atoms with E-state index in [9.17, 15) is 4.79 Å². The van der Waals surface area contributed by atoms with Gasteiger partial charge in [0.25, 0.3) is 0 Å². The van der Waals surface area contributed by atoms with Gasteiger partial charge in [-0.3, -0.25) is 0 Å². The lowest BCUT2D eigenvalue weighted by atomic mass is 10.1. The fourth-order valence-electron chi connectivity index (χ4n) is 2.77. The lowest BCUT2D eigenvalue weighted by molar-refractivity contribution is 0.241. The third-order valence-corrected chi connectivity index (χ3v) is 4.88. The standard InChI is InChI=1S/C27H34N4O3/c1-19(2)25(17-11-21-7-13-23(33-5)14-8-21)28-30-27(32)31-29-26(20(3)4)18-12-22-9-15-24(34-6)16-10-22/h7-20H,1-6H3,(H2,30,31,32)/b17-11+,18-12+,28-25-,29-26-. The molecule has 0 aromatic heterocycles. The maximum atomic E-state index is 12.3. The number of hydrazone groups is 2. The van der Waals surface area contributed by atoms with E-state index in [1.807, 2.05) is 101 Å². The molecule has 2 amide bonds. The molecule has 2 aromatic carbocycles. The van der Waals surface area contributed by atoms with Gasteiger partial charge in [-0.2, -0.15) is 10.2 Å². The Morgan fingerprint density at radius 2 is 1.06 bits per heavy atom. The van der Waals surface area contributed by atoms with Gasteiger partial charge in [0.2, 0.25) is 0 Å². The molecule has 0 fully saturated rings. The second-order valence-corrected chi connectivity index (χ2v) is 8.15. The smallest absolute Gasteiger partial charge is 0.355 e. The maximum Gasteiger partial charge on any atom is 0.355 e. The summed E-state index contributed by atoms with van der Waals surface area (Å²) in [6.45, 7) is 8.04. The van der Waals surface area contributed by atoms with Gasteiger partial charge >= 0.3 is 6.03 Å². The zero-order valence-electron chi connectivity index (χ0n) is 20.7. The van der Waals surface area contributed by atoms with Crippen LogP contribution in [-0.4, -0.2) is 31.7 Å². The fraction of sp³-hybridized carbons (Fsp3) is 0.296. The highest BCUT2D eigenvalue weighted by atomic mass is 16.5. The lowest BCUT2D eigenvalue weighted by Crippen LogP contribution is -2.31. The van der Waals surface area contributed by atoms with E-state index >= 15 is 0 Å². The van der Waals surface area contributed by atoms with E-state index in [0.29, 0.717) is 0 Å². The van der Waals surface area contributed by atoms with Gasteiger partial charge in [0.15, 0.2) is 0 Å². The van der Waals surface area contributed by atoms with Crippen molar-refractivity contribution in [2.45, 2.75) is 27.7 Å². The molecule has 2 aromatic rings. The van der Waals surface area contributed by atoms with E-state index in [2.05, 4.69) is 21.1 Å². The van der Waals surface area contributed by atoms with Crippen LogP contribution in [0.1, 0.15) is 38.8 Å². The molecular formula is C27H34N4O3. The first kappa shape index (κ1) is 26.4. The van der Waals surface area contributed by atoms with Gasteiger partial charge < -0.3 is 9.47 Å². The number of rotatable bonds is 10. The Morgan fingerprint density at radius 1 is 0.706 bits per heavy atom. The summed E-state index contributed by atoms with van der Waals surface area (Å²) in [5.41, 5.74) is 8.53. The summed E-state index contributed by atoms with van der Waals surface area (Å²) in [5.74, 6) is 1.84. The van der Waals surface area contributed by atoms with Crippen molar-refractivity contribution in [2.75, 3.05) is 14.2 Å². The van der Waals surface area contributed by atoms with Gasteiger partial charge in [-0.25, -0.2) is 15.6 Å². The lowest BCUT2D eigenvalue weighted by Gasteiger charge is -2.08. The summed E-state index contributed by atoms with van der Waals surface area (Å²) in [6, 6.07) is 14.9. The molecule has 0 spiro atoms. The Kier molecular flexibility index (Phi) is 10.6. The number of ether oxygens (including phenoxy) is 2. The SMILES string of the molecule is COc1ccc(/C=C/C(=N/NC(=O)N/N=C(/C=C/c2ccc(OC)cc2)C(C)C)C(C)C)cc1. The van der Waals surface area contributed by atoms with Crippen LogP contribution in [-0.2, 0) is 0 Å². The molecule has 0 aliphatic heterocycles. The third kappa shape index (κ3) is 8.94. The Balaban J connectivity index is 2.01. The van der Waals surface area contributed by atoms with Crippen LogP contribution in [0, 0.1) is 11.8 Å². The van der Waals surface area contributed by atoms with Crippen LogP contribution in [0.25, 0.3) is 12.2 Å². The molecule has 0 aliphatic rings. The second-order valence-electron chi connectivity index (χ2n) is 8.15. The van der Waals surface area contributed by atoms with Crippen molar-refractivity contribution in [3.8, 4) is 11.5 Å². The average molecular weight is 463 g/mol. The maximum absolute atomic E-state index is 12.3.